The number of hydrogen-bond donors (Lipinski definition) is 4. The summed E-state index contributed by atoms with van der Waals surface area (Å²) >= 11 is 0. The van der Waals surface area contributed by atoms with Gasteiger partial charge >= 0.3 is 0 Å². The molecule has 0 aromatic carbocycles. The zero-order chi connectivity index (χ0) is 4.50. The van der Waals surface area contributed by atoms with Crippen molar-refractivity contribution in [1.82, 2.24) is 0 Å². The Labute approximate surface area is 43.8 Å². The molecule has 0 heterocycles. The highest BCUT2D eigenvalue weighted by molar-refractivity contribution is 2.56. The Morgan fingerprint density at radius 1 is 0.833 bits per heavy atom. The summed E-state index contributed by atoms with van der Waals surface area (Å²) in [5.74, 6) is 0. The quantitative estimate of drug-likeness (QED) is 0.219. The molecule has 0 bridgehead atoms. The minimum absolute atomic E-state index is 0. The van der Waals surface area contributed by atoms with Crippen molar-refractivity contribution in [2.75, 3.05) is 0 Å². The van der Waals surface area contributed by atoms with Crippen LogP contribution < -0.4 is 17.0 Å². The van der Waals surface area contributed by atoms with Gasteiger partial charge in [-0.1, -0.05) is 0 Å². The number of halogens is 1. The van der Waals surface area contributed by atoms with Crippen molar-refractivity contribution in [1.29, 1.82) is 0 Å². The van der Waals surface area contributed by atoms with Crippen molar-refractivity contribution in [3.05, 3.63) is 0 Å². The third-order valence-electron chi connectivity index (χ3n) is 0. The summed E-state index contributed by atoms with van der Waals surface area (Å²) in [6.07, 6.45) is 0. The molecule has 0 aromatic heterocycles. The third-order valence-corrected chi connectivity index (χ3v) is 0. The highest BCUT2D eigenvalue weighted by Gasteiger charge is 2.07. The van der Waals surface area contributed by atoms with Gasteiger partial charge in [0.25, 0.3) is 0 Å². The average Bonchev–Trinajstić information content (AvgIpc) is 0.722. The van der Waals surface area contributed by atoms with Gasteiger partial charge in [0.05, 0.1) is 0 Å². The molecule has 6 heteroatoms. The van der Waals surface area contributed by atoms with Gasteiger partial charge in [0.2, 0.25) is 5.14 Å². The second-order valence-electron chi connectivity index (χ2n) is 0.537. The Morgan fingerprint density at radius 2 is 0.833 bits per heavy atom. The van der Waals surface area contributed by atoms with Crippen LogP contribution in [0.1, 0.15) is 0 Å². The fraction of sp³-hybridized carbons (Fsp3) is 0. The predicted molar refractivity (Wildman–Crippen MR) is 7.41 cm³/mol. The first-order chi connectivity index (χ1) is 2.00. The second kappa shape index (κ2) is 2.45. The van der Waals surface area contributed by atoms with Gasteiger partial charge in [0, 0.05) is 0 Å². The van der Waals surface area contributed by atoms with Crippen molar-refractivity contribution in [2.45, 2.75) is 0 Å². The van der Waals surface area contributed by atoms with Gasteiger partial charge in [0.1, 0.15) is 0 Å². The van der Waals surface area contributed by atoms with E-state index < -0.39 is 5.14 Å². The molecule has 0 atom stereocenters. The monoisotopic (exact) mass is 161 g/mol. The van der Waals surface area contributed by atoms with E-state index in [1.54, 1.807) is 0 Å². The van der Waals surface area contributed by atoms with Crippen LogP contribution in [0.3, 0.4) is 0 Å². The molecule has 5 nitrogen and oxygen atoms in total. The molecule has 0 rings (SSSR count). The van der Waals surface area contributed by atoms with Gasteiger partial charge < -0.3 is 17.0 Å². The molecule has 0 fully saturated rings. The molecule has 0 amide bonds. The summed E-state index contributed by atoms with van der Waals surface area (Å²) < 4.78 is 0. The summed E-state index contributed by atoms with van der Waals surface area (Å²) in [4.78, 5) is 0. The van der Waals surface area contributed by atoms with E-state index in [1.165, 1.54) is 0 Å². The van der Waals surface area contributed by atoms with Crippen LogP contribution in [0.15, 0.2) is 0 Å². The fourth-order valence-corrected chi connectivity index (χ4v) is 0. The SMILES string of the molecule is O[N+](O)(O)O.[Br-]. The molecule has 0 saturated heterocycles. The maximum Gasteiger partial charge on any atom is 0.237 e. The Balaban J connectivity index is 0. The highest BCUT2D eigenvalue weighted by atomic mass is 79.9. The van der Waals surface area contributed by atoms with Crippen molar-refractivity contribution in [3.8, 4) is 0 Å². The Hall–Kier alpha value is 0.280. The van der Waals surface area contributed by atoms with Crippen molar-refractivity contribution >= 4 is 0 Å². The van der Waals surface area contributed by atoms with E-state index in [9.17, 15) is 0 Å². The number of hydrogen-bond acceptors (Lipinski definition) is 4. The van der Waals surface area contributed by atoms with Crippen LogP contribution in [-0.2, 0) is 0 Å². The smallest absolute Gasteiger partial charge is 0.237 e. The van der Waals surface area contributed by atoms with Crippen LogP contribution in [0.25, 0.3) is 0 Å². The van der Waals surface area contributed by atoms with E-state index in [2.05, 4.69) is 0 Å². The molecule has 6 heavy (non-hydrogen) atoms. The first-order valence-corrected chi connectivity index (χ1v) is 0.800. The first kappa shape index (κ1) is 9.56. The number of rotatable bonds is 0. The van der Waals surface area contributed by atoms with Gasteiger partial charge in [-0.2, -0.15) is 0 Å². The van der Waals surface area contributed by atoms with Crippen molar-refractivity contribution in [3.63, 3.8) is 0 Å². The molecule has 0 aliphatic rings. The predicted octanol–water partition coefficient (Wildman–Crippen LogP) is -3.64. The topological polar surface area (TPSA) is 80.9 Å². The maximum absolute atomic E-state index is 7.12. The molecule has 0 aromatic rings. The van der Waals surface area contributed by atoms with E-state index in [0.29, 0.717) is 0 Å². The van der Waals surface area contributed by atoms with Gasteiger partial charge in [-0.25, -0.2) is 0 Å². The van der Waals surface area contributed by atoms with Crippen LogP contribution in [0, 0.1) is 0 Å². The second-order valence-corrected chi connectivity index (χ2v) is 0.537. The minimum Gasteiger partial charge on any atom is -1.00 e. The van der Waals surface area contributed by atoms with Crippen LogP contribution in [0.4, 0.5) is 0 Å². The van der Waals surface area contributed by atoms with Gasteiger partial charge in [-0.15, -0.1) is 20.8 Å². The standard InChI is InChI=1S/BrH.H4NO4/c;2-1(3,4)5/h1H;2-5H/q;+1/p-1. The lowest BCUT2D eigenvalue weighted by molar-refractivity contribution is -1.48. The molecule has 0 saturated carbocycles. The Morgan fingerprint density at radius 3 is 0.833 bits per heavy atom. The summed E-state index contributed by atoms with van der Waals surface area (Å²) in [6.45, 7) is 0. The number of quaternary nitrogens is 1. The van der Waals surface area contributed by atoms with Crippen LogP contribution in [-0.4, -0.2) is 26.0 Å². The van der Waals surface area contributed by atoms with E-state index in [1.807, 2.05) is 0 Å². The molecule has 0 radical (unpaired) electrons. The molecule has 4 N–H and O–H groups in total. The first-order valence-electron chi connectivity index (χ1n) is 0.800. The highest BCUT2D eigenvalue weighted by Crippen LogP contribution is 1.69. The minimum atomic E-state index is -3.00. The molecule has 0 unspecified atom stereocenters. The van der Waals surface area contributed by atoms with Crippen LogP contribution >= 0.6 is 0 Å². The molecule has 0 aliphatic carbocycles. The van der Waals surface area contributed by atoms with E-state index in [4.69, 9.17) is 20.8 Å². The molecule has 0 aliphatic heterocycles. The molecule has 0 spiro atoms. The molecular formula is H4BrNO4. The Kier molecular flexibility index (Phi) is 3.91. The van der Waals surface area contributed by atoms with E-state index >= 15 is 0 Å². The van der Waals surface area contributed by atoms with Crippen molar-refractivity contribution < 1.29 is 42.9 Å². The normalized spacial score (nSPS) is 10.0. The third kappa shape index (κ3) is 587. The summed E-state index contributed by atoms with van der Waals surface area (Å²) in [5, 5.41) is 25.5. The zero-order valence-corrected chi connectivity index (χ0v) is 4.20. The van der Waals surface area contributed by atoms with Crippen LogP contribution in [0.2, 0.25) is 0 Å². The van der Waals surface area contributed by atoms with E-state index in [-0.39, 0.29) is 17.0 Å². The lowest BCUT2D eigenvalue weighted by atomic mass is 12.8. The summed E-state index contributed by atoms with van der Waals surface area (Å²) in [7, 11) is 0. The zero-order valence-electron chi connectivity index (χ0n) is 2.61. The van der Waals surface area contributed by atoms with Crippen molar-refractivity contribution in [2.24, 2.45) is 0 Å². The summed E-state index contributed by atoms with van der Waals surface area (Å²) in [6, 6.07) is 0. The number of nitrogens with zero attached hydrogens (tertiary/aromatic N) is 1. The maximum atomic E-state index is 7.12. The van der Waals surface area contributed by atoms with Gasteiger partial charge in [-0.05, 0) is 0 Å². The lowest BCUT2D eigenvalue weighted by Gasteiger charge is -1.94. The Bertz CT molecular complexity index is 23.0. The van der Waals surface area contributed by atoms with Gasteiger partial charge in [0.15, 0.2) is 0 Å². The molecular weight excluding hydrogens is 158 g/mol. The fourth-order valence-electron chi connectivity index (χ4n) is 0. The molecule has 40 valence electrons. The lowest BCUT2D eigenvalue weighted by Crippen LogP contribution is -3.00. The van der Waals surface area contributed by atoms with Crippen LogP contribution in [0.5, 0.6) is 0 Å². The average molecular weight is 162 g/mol. The van der Waals surface area contributed by atoms with E-state index in [0.717, 1.165) is 0 Å². The summed E-state index contributed by atoms with van der Waals surface area (Å²) in [5.41, 5.74) is 0. The largest absolute Gasteiger partial charge is 1.00 e. The van der Waals surface area contributed by atoms with Gasteiger partial charge in [-0.3, -0.25) is 0 Å².